The second-order valence-electron chi connectivity index (χ2n) is 3.98. The molecule has 0 radical (unpaired) electrons. The number of nitrogens with zero attached hydrogens (tertiary/aromatic N) is 2. The standard InChI is InChI=1S/C13H21FN2O3/c1-9(2)7-15-13(16-11(4)10(3)14)19-8-12(17-5)18-6/h7,9,12H,3-4,8H2,1-2,5-6H3. The van der Waals surface area contributed by atoms with Gasteiger partial charge in [0.25, 0.3) is 0 Å². The average Bonchev–Trinajstić information content (AvgIpc) is 2.36. The molecule has 108 valence electrons. The topological polar surface area (TPSA) is 52.4 Å². The highest BCUT2D eigenvalue weighted by Crippen LogP contribution is 2.09. The highest BCUT2D eigenvalue weighted by atomic mass is 19.1. The molecule has 0 atom stereocenters. The fourth-order valence-corrected chi connectivity index (χ4v) is 0.862. The van der Waals surface area contributed by atoms with E-state index in [1.807, 2.05) is 13.8 Å². The van der Waals surface area contributed by atoms with Crippen molar-refractivity contribution < 1.29 is 18.6 Å². The van der Waals surface area contributed by atoms with Gasteiger partial charge in [-0.1, -0.05) is 27.0 Å². The smallest absolute Gasteiger partial charge is 0.316 e. The lowest BCUT2D eigenvalue weighted by molar-refractivity contribution is -0.124. The average molecular weight is 272 g/mol. The number of ether oxygens (including phenoxy) is 3. The van der Waals surface area contributed by atoms with E-state index in [4.69, 9.17) is 14.2 Å². The molecule has 0 amide bonds. The Labute approximate surface area is 113 Å². The lowest BCUT2D eigenvalue weighted by Gasteiger charge is -2.13. The Kier molecular flexibility index (Phi) is 8.65. The van der Waals surface area contributed by atoms with Gasteiger partial charge in [-0.05, 0) is 5.92 Å². The highest BCUT2D eigenvalue weighted by Gasteiger charge is 2.09. The maximum Gasteiger partial charge on any atom is 0.316 e. The third kappa shape index (κ3) is 8.23. The van der Waals surface area contributed by atoms with Crippen LogP contribution in [0.15, 0.2) is 34.7 Å². The minimum atomic E-state index is -0.740. The molecule has 6 heteroatoms. The summed E-state index contributed by atoms with van der Waals surface area (Å²) in [6.07, 6.45) is 1.07. The van der Waals surface area contributed by atoms with Gasteiger partial charge in [-0.2, -0.15) is 4.99 Å². The minimum Gasteiger partial charge on any atom is -0.458 e. The zero-order valence-corrected chi connectivity index (χ0v) is 11.9. The van der Waals surface area contributed by atoms with E-state index in [9.17, 15) is 4.39 Å². The molecule has 0 N–H and O–H groups in total. The normalized spacial score (nSPS) is 12.5. The van der Waals surface area contributed by atoms with Gasteiger partial charge in [-0.3, -0.25) is 0 Å². The number of hydrogen-bond acceptors (Lipinski definition) is 4. The summed E-state index contributed by atoms with van der Waals surface area (Å²) >= 11 is 0. The summed E-state index contributed by atoms with van der Waals surface area (Å²) < 4.78 is 28.0. The van der Waals surface area contributed by atoms with Crippen molar-refractivity contribution in [3.63, 3.8) is 0 Å². The zero-order chi connectivity index (χ0) is 14.8. The summed E-state index contributed by atoms with van der Waals surface area (Å²) in [5.41, 5.74) is -0.137. The second kappa shape index (κ2) is 9.41. The van der Waals surface area contributed by atoms with Crippen LogP contribution in [0.2, 0.25) is 0 Å². The molecule has 0 saturated heterocycles. The quantitative estimate of drug-likeness (QED) is 0.310. The molecule has 0 aromatic heterocycles. The van der Waals surface area contributed by atoms with E-state index < -0.39 is 12.1 Å². The van der Waals surface area contributed by atoms with E-state index in [0.29, 0.717) is 0 Å². The maximum absolute atomic E-state index is 12.8. The van der Waals surface area contributed by atoms with Crippen molar-refractivity contribution in [3.05, 3.63) is 24.7 Å². The van der Waals surface area contributed by atoms with E-state index in [0.717, 1.165) is 0 Å². The predicted octanol–water partition coefficient (Wildman–Crippen LogP) is 2.70. The molecule has 0 aromatic rings. The number of methoxy groups -OCH3 is 2. The number of halogens is 1. The van der Waals surface area contributed by atoms with Gasteiger partial charge in [0.1, 0.15) is 12.4 Å². The van der Waals surface area contributed by atoms with E-state index >= 15 is 0 Å². The molecule has 0 aliphatic rings. The monoisotopic (exact) mass is 272 g/mol. The molecular weight excluding hydrogens is 251 g/mol. The molecule has 0 heterocycles. The lowest BCUT2D eigenvalue weighted by Crippen LogP contribution is -2.22. The third-order valence-corrected chi connectivity index (χ3v) is 1.90. The molecule has 0 aromatic carbocycles. The molecular formula is C13H21FN2O3. The van der Waals surface area contributed by atoms with E-state index in [1.54, 1.807) is 6.21 Å². The number of aliphatic imine (C=N–C) groups is 2. The number of rotatable bonds is 7. The third-order valence-electron chi connectivity index (χ3n) is 1.90. The summed E-state index contributed by atoms with van der Waals surface area (Å²) in [5.74, 6) is -0.535. The van der Waals surface area contributed by atoms with Crippen LogP contribution < -0.4 is 0 Å². The fourth-order valence-electron chi connectivity index (χ4n) is 0.862. The van der Waals surface area contributed by atoms with Crippen LogP contribution in [0.3, 0.4) is 0 Å². The van der Waals surface area contributed by atoms with Gasteiger partial charge in [0, 0.05) is 20.4 Å². The van der Waals surface area contributed by atoms with Crippen molar-refractivity contribution in [2.75, 3.05) is 20.8 Å². The first kappa shape index (κ1) is 17.5. The van der Waals surface area contributed by atoms with Crippen LogP contribution in [-0.4, -0.2) is 39.4 Å². The van der Waals surface area contributed by atoms with Crippen molar-refractivity contribution in [2.45, 2.75) is 20.1 Å². The van der Waals surface area contributed by atoms with E-state index in [2.05, 4.69) is 23.1 Å². The number of amidine groups is 1. The summed E-state index contributed by atoms with van der Waals surface area (Å²) in [4.78, 5) is 7.81. The van der Waals surface area contributed by atoms with Gasteiger partial charge >= 0.3 is 6.02 Å². The highest BCUT2D eigenvalue weighted by molar-refractivity contribution is 5.84. The van der Waals surface area contributed by atoms with Crippen LogP contribution in [0, 0.1) is 5.92 Å². The SMILES string of the molecule is C=C(F)C(=C)N=C(N=CC(C)C)OCC(OC)OC. The van der Waals surface area contributed by atoms with Gasteiger partial charge in [-0.15, -0.1) is 0 Å². The predicted molar refractivity (Wildman–Crippen MR) is 73.9 cm³/mol. The van der Waals surface area contributed by atoms with Crippen LogP contribution in [-0.2, 0) is 14.2 Å². The molecule has 0 saturated carbocycles. The molecule has 0 fully saturated rings. The van der Waals surface area contributed by atoms with Gasteiger partial charge in [-0.25, -0.2) is 9.38 Å². The summed E-state index contributed by atoms with van der Waals surface area (Å²) in [7, 11) is 2.96. The summed E-state index contributed by atoms with van der Waals surface area (Å²) in [5, 5.41) is 0. The van der Waals surface area contributed by atoms with Crippen LogP contribution >= 0.6 is 0 Å². The van der Waals surface area contributed by atoms with Gasteiger partial charge < -0.3 is 14.2 Å². The maximum atomic E-state index is 12.8. The number of hydrogen-bond donors (Lipinski definition) is 0. The van der Waals surface area contributed by atoms with E-state index in [1.165, 1.54) is 14.2 Å². The lowest BCUT2D eigenvalue weighted by atomic mass is 10.3. The van der Waals surface area contributed by atoms with Crippen molar-refractivity contribution in [1.29, 1.82) is 0 Å². The molecule has 0 unspecified atom stereocenters. The van der Waals surface area contributed by atoms with E-state index in [-0.39, 0.29) is 24.2 Å². The van der Waals surface area contributed by atoms with Crippen molar-refractivity contribution >= 4 is 12.2 Å². The Bertz CT molecular complexity index is 361. The first-order chi connectivity index (χ1) is 8.90. The second-order valence-corrected chi connectivity index (χ2v) is 3.98. The first-order valence-corrected chi connectivity index (χ1v) is 5.75. The van der Waals surface area contributed by atoms with Gasteiger partial charge in [0.15, 0.2) is 6.29 Å². The largest absolute Gasteiger partial charge is 0.458 e. The Morgan fingerprint density at radius 3 is 2.26 bits per heavy atom. The van der Waals surface area contributed by atoms with Gasteiger partial charge in [0.05, 0.1) is 5.70 Å². The molecule has 5 nitrogen and oxygen atoms in total. The Morgan fingerprint density at radius 2 is 1.84 bits per heavy atom. The minimum absolute atomic E-state index is 0.0170. The molecule has 0 bridgehead atoms. The Hall–Kier alpha value is -1.53. The van der Waals surface area contributed by atoms with Crippen LogP contribution in [0.5, 0.6) is 0 Å². The van der Waals surface area contributed by atoms with Crippen molar-refractivity contribution in [1.82, 2.24) is 0 Å². The molecule has 0 aliphatic heterocycles. The molecule has 19 heavy (non-hydrogen) atoms. The van der Waals surface area contributed by atoms with Crippen LogP contribution in [0.25, 0.3) is 0 Å². The van der Waals surface area contributed by atoms with Crippen molar-refractivity contribution in [2.24, 2.45) is 15.9 Å². The summed E-state index contributed by atoms with van der Waals surface area (Å²) in [6.45, 7) is 10.5. The zero-order valence-electron chi connectivity index (χ0n) is 11.9. The first-order valence-electron chi connectivity index (χ1n) is 5.75. The number of allylic oxidation sites excluding steroid dienone is 1. The molecule has 0 aliphatic carbocycles. The van der Waals surface area contributed by atoms with Crippen LogP contribution in [0.4, 0.5) is 4.39 Å². The Balaban J connectivity index is 4.77. The molecule has 0 rings (SSSR count). The Morgan fingerprint density at radius 1 is 1.26 bits per heavy atom. The van der Waals surface area contributed by atoms with Gasteiger partial charge in [0.2, 0.25) is 0 Å². The van der Waals surface area contributed by atoms with Crippen molar-refractivity contribution in [3.8, 4) is 0 Å². The van der Waals surface area contributed by atoms with Crippen LogP contribution in [0.1, 0.15) is 13.8 Å². The fraction of sp³-hybridized carbons (Fsp3) is 0.538. The summed E-state index contributed by atoms with van der Waals surface area (Å²) in [6, 6.07) is -0.0170. The molecule has 0 spiro atoms.